The van der Waals surface area contributed by atoms with Gasteiger partial charge in [0.25, 0.3) is 11.5 Å². The second-order valence-electron chi connectivity index (χ2n) is 6.32. The molecule has 28 heavy (non-hydrogen) atoms. The van der Waals surface area contributed by atoms with Gasteiger partial charge in [0.15, 0.2) is 12.3 Å². The van der Waals surface area contributed by atoms with Crippen molar-refractivity contribution in [3.63, 3.8) is 0 Å². The van der Waals surface area contributed by atoms with Crippen LogP contribution in [0.4, 0.5) is 5.69 Å². The van der Waals surface area contributed by atoms with Crippen LogP contribution in [0, 0.1) is 13.8 Å². The monoisotopic (exact) mass is 386 g/mol. The van der Waals surface area contributed by atoms with E-state index < -0.39 is 18.5 Å². The van der Waals surface area contributed by atoms with E-state index in [9.17, 15) is 19.2 Å². The lowest BCUT2D eigenvalue weighted by molar-refractivity contribution is -0.136. The Balaban J connectivity index is 1.88. The number of nitrogens with one attached hydrogen (secondary N) is 1. The molecule has 1 heterocycles. The highest BCUT2D eigenvalue weighted by molar-refractivity contribution is 5.96. The summed E-state index contributed by atoms with van der Waals surface area (Å²) in [6.07, 6.45) is 0. The van der Waals surface area contributed by atoms with Crippen molar-refractivity contribution >= 4 is 23.5 Å². The number of hydrogen-bond donors (Lipinski definition) is 1. The molecule has 0 saturated carbocycles. The van der Waals surface area contributed by atoms with Crippen molar-refractivity contribution < 1.29 is 19.1 Å². The quantitative estimate of drug-likeness (QED) is 0.730. The predicted octanol–water partition coefficient (Wildman–Crippen LogP) is 0.651. The van der Waals surface area contributed by atoms with Gasteiger partial charge in [0, 0.05) is 25.8 Å². The van der Waals surface area contributed by atoms with Gasteiger partial charge in [-0.25, -0.2) is 9.48 Å². The number of benzene rings is 1. The number of hydrogen-bond acceptors (Lipinski definition) is 6. The summed E-state index contributed by atoms with van der Waals surface area (Å²) in [5, 5.41) is 6.53. The smallest absolute Gasteiger partial charge is 0.359 e. The number of likely N-dealkylation sites (N-methyl/N-ethyl adjacent to an activating group) is 1. The summed E-state index contributed by atoms with van der Waals surface area (Å²) in [6.45, 7) is 3.02. The van der Waals surface area contributed by atoms with Gasteiger partial charge in [-0.2, -0.15) is 5.10 Å². The van der Waals surface area contributed by atoms with Gasteiger partial charge in [0.2, 0.25) is 5.91 Å². The second-order valence-corrected chi connectivity index (χ2v) is 6.32. The molecule has 0 radical (unpaired) electrons. The molecule has 2 amide bonds. The Morgan fingerprint density at radius 1 is 1.14 bits per heavy atom. The zero-order valence-corrected chi connectivity index (χ0v) is 16.2. The van der Waals surface area contributed by atoms with Crippen LogP contribution in [0.5, 0.6) is 0 Å². The van der Waals surface area contributed by atoms with Crippen molar-refractivity contribution in [2.24, 2.45) is 7.05 Å². The molecule has 0 aliphatic carbocycles. The molecule has 0 aliphatic rings. The third-order valence-electron chi connectivity index (χ3n) is 4.05. The number of anilines is 1. The Morgan fingerprint density at radius 2 is 1.79 bits per heavy atom. The lowest BCUT2D eigenvalue weighted by Crippen LogP contribution is -2.37. The number of carbonyl (C=O) groups is 3. The SMILES string of the molecule is Cc1cccc(C)c1NC(=O)CN(C)C(=O)COC(=O)c1ccc(=O)n(C)n1. The van der Waals surface area contributed by atoms with Crippen LogP contribution in [0.1, 0.15) is 21.6 Å². The number of ether oxygens (including phenoxy) is 1. The fraction of sp³-hybridized carbons (Fsp3) is 0.316. The van der Waals surface area contributed by atoms with E-state index in [2.05, 4.69) is 10.4 Å². The molecule has 0 atom stereocenters. The number of aromatic nitrogens is 2. The van der Waals surface area contributed by atoms with Gasteiger partial charge < -0.3 is 15.0 Å². The van der Waals surface area contributed by atoms with E-state index in [1.165, 1.54) is 26.2 Å². The Bertz CT molecular complexity index is 947. The number of aryl methyl sites for hydroxylation is 3. The van der Waals surface area contributed by atoms with Crippen LogP contribution in [0.2, 0.25) is 0 Å². The molecule has 0 saturated heterocycles. The summed E-state index contributed by atoms with van der Waals surface area (Å²) < 4.78 is 5.89. The summed E-state index contributed by atoms with van der Waals surface area (Å²) in [5.41, 5.74) is 2.08. The third-order valence-corrected chi connectivity index (χ3v) is 4.05. The largest absolute Gasteiger partial charge is 0.451 e. The average Bonchev–Trinajstić information content (AvgIpc) is 2.64. The standard InChI is InChI=1S/C19H22N4O5/c1-12-6-5-7-13(2)18(12)20-15(24)10-22(3)17(26)11-28-19(27)14-8-9-16(25)23(4)21-14/h5-9H,10-11H2,1-4H3,(H,20,24). The molecule has 9 heteroatoms. The van der Waals surface area contributed by atoms with Crippen molar-refractivity contribution in [1.82, 2.24) is 14.7 Å². The first-order chi connectivity index (χ1) is 13.2. The molecule has 0 unspecified atom stereocenters. The molecular formula is C19H22N4O5. The minimum Gasteiger partial charge on any atom is -0.451 e. The maximum Gasteiger partial charge on any atom is 0.359 e. The molecule has 1 aromatic heterocycles. The van der Waals surface area contributed by atoms with Crippen LogP contribution in [0.3, 0.4) is 0 Å². The van der Waals surface area contributed by atoms with Gasteiger partial charge in [0.05, 0.1) is 6.54 Å². The van der Waals surface area contributed by atoms with E-state index in [1.54, 1.807) is 0 Å². The molecule has 148 valence electrons. The number of nitrogens with zero attached hydrogens (tertiary/aromatic N) is 3. The van der Waals surface area contributed by atoms with Crippen molar-refractivity contribution in [2.45, 2.75) is 13.8 Å². The maximum absolute atomic E-state index is 12.2. The third kappa shape index (κ3) is 5.26. The highest BCUT2D eigenvalue weighted by atomic mass is 16.5. The minimum atomic E-state index is -0.836. The maximum atomic E-state index is 12.2. The molecule has 2 rings (SSSR count). The van der Waals surface area contributed by atoms with Crippen LogP contribution in [0.15, 0.2) is 35.1 Å². The van der Waals surface area contributed by atoms with E-state index in [0.29, 0.717) is 5.69 Å². The zero-order valence-electron chi connectivity index (χ0n) is 16.2. The molecule has 1 aromatic carbocycles. The molecule has 0 fully saturated rings. The topological polar surface area (TPSA) is 111 Å². The van der Waals surface area contributed by atoms with Crippen LogP contribution in [0.25, 0.3) is 0 Å². The molecular weight excluding hydrogens is 364 g/mol. The predicted molar refractivity (Wildman–Crippen MR) is 102 cm³/mol. The Kier molecular flexibility index (Phi) is 6.64. The molecule has 0 spiro atoms. The molecule has 9 nitrogen and oxygen atoms in total. The first-order valence-corrected chi connectivity index (χ1v) is 8.50. The molecule has 0 bridgehead atoms. The van der Waals surface area contributed by atoms with E-state index in [0.717, 1.165) is 20.7 Å². The van der Waals surface area contributed by atoms with E-state index in [4.69, 9.17) is 4.74 Å². The second kappa shape index (κ2) is 8.94. The van der Waals surface area contributed by atoms with Crippen LogP contribution < -0.4 is 10.9 Å². The van der Waals surface area contributed by atoms with Crippen molar-refractivity contribution in [3.8, 4) is 0 Å². The Hall–Kier alpha value is -3.49. The van der Waals surface area contributed by atoms with Gasteiger partial charge in [-0.15, -0.1) is 0 Å². The first-order valence-electron chi connectivity index (χ1n) is 8.50. The normalized spacial score (nSPS) is 10.3. The van der Waals surface area contributed by atoms with Crippen LogP contribution in [-0.4, -0.2) is 52.7 Å². The zero-order chi connectivity index (χ0) is 20.8. The summed E-state index contributed by atoms with van der Waals surface area (Å²) >= 11 is 0. The highest BCUT2D eigenvalue weighted by Crippen LogP contribution is 2.19. The molecule has 2 aromatic rings. The number of rotatable bonds is 6. The Morgan fingerprint density at radius 3 is 2.39 bits per heavy atom. The summed E-state index contributed by atoms with van der Waals surface area (Å²) in [4.78, 5) is 48.7. The lowest BCUT2D eigenvalue weighted by Gasteiger charge is -2.18. The first kappa shape index (κ1) is 20.8. The van der Waals surface area contributed by atoms with Crippen molar-refractivity contribution in [1.29, 1.82) is 0 Å². The lowest BCUT2D eigenvalue weighted by atomic mass is 10.1. The summed E-state index contributed by atoms with van der Waals surface area (Å²) in [6, 6.07) is 8.05. The van der Waals surface area contributed by atoms with Crippen molar-refractivity contribution in [2.75, 3.05) is 25.5 Å². The van der Waals surface area contributed by atoms with E-state index in [1.807, 2.05) is 32.0 Å². The number of amides is 2. The fourth-order valence-corrected chi connectivity index (χ4v) is 2.42. The van der Waals surface area contributed by atoms with Crippen LogP contribution in [-0.2, 0) is 21.4 Å². The van der Waals surface area contributed by atoms with E-state index in [-0.39, 0.29) is 23.7 Å². The van der Waals surface area contributed by atoms with Gasteiger partial charge >= 0.3 is 5.97 Å². The molecule has 0 aliphatic heterocycles. The minimum absolute atomic E-state index is 0.0923. The molecule has 1 N–H and O–H groups in total. The average molecular weight is 386 g/mol. The Labute approximate surface area is 161 Å². The number of esters is 1. The fourth-order valence-electron chi connectivity index (χ4n) is 2.42. The van der Waals surface area contributed by atoms with Gasteiger partial charge in [-0.1, -0.05) is 18.2 Å². The highest BCUT2D eigenvalue weighted by Gasteiger charge is 2.17. The van der Waals surface area contributed by atoms with Gasteiger partial charge in [0.1, 0.15) is 0 Å². The number of para-hydroxylation sites is 1. The summed E-state index contributed by atoms with van der Waals surface area (Å²) in [5.74, 6) is -1.74. The van der Waals surface area contributed by atoms with Gasteiger partial charge in [-0.3, -0.25) is 14.4 Å². The van der Waals surface area contributed by atoms with Crippen LogP contribution >= 0.6 is 0 Å². The summed E-state index contributed by atoms with van der Waals surface area (Å²) in [7, 11) is 2.83. The van der Waals surface area contributed by atoms with Gasteiger partial charge in [-0.05, 0) is 31.0 Å². The van der Waals surface area contributed by atoms with Crippen molar-refractivity contribution in [3.05, 3.63) is 57.5 Å². The number of carbonyl (C=O) groups excluding carboxylic acids is 3. The van der Waals surface area contributed by atoms with E-state index >= 15 is 0 Å².